The van der Waals surface area contributed by atoms with E-state index < -0.39 is 5.97 Å². The summed E-state index contributed by atoms with van der Waals surface area (Å²) in [6, 6.07) is 7.30. The zero-order valence-electron chi connectivity index (χ0n) is 14.7. The van der Waals surface area contributed by atoms with Crippen LogP contribution in [0.25, 0.3) is 16.7 Å². The highest BCUT2D eigenvalue weighted by atomic mass is 16.5. The number of carbonyl (C=O) groups excluding carboxylic acids is 2. The summed E-state index contributed by atoms with van der Waals surface area (Å²) in [5, 5.41) is 21.0. The Labute approximate surface area is 156 Å². The molecule has 0 bridgehead atoms. The van der Waals surface area contributed by atoms with Gasteiger partial charge in [0, 0.05) is 18.7 Å². The monoisotopic (exact) mass is 368 g/mol. The molecule has 0 radical (unpaired) electrons. The van der Waals surface area contributed by atoms with Crippen LogP contribution < -0.4 is 5.32 Å². The predicted molar refractivity (Wildman–Crippen MR) is 101 cm³/mol. The minimum atomic E-state index is -0.518. The van der Waals surface area contributed by atoms with Crippen molar-refractivity contribution in [1.29, 1.82) is 0 Å². The smallest absolute Gasteiger partial charge is 0.330 e. The number of hydrogen-bond acceptors (Lipinski definition) is 6. The zero-order chi connectivity index (χ0) is 19.6. The van der Waals surface area contributed by atoms with Gasteiger partial charge in [-0.05, 0) is 30.7 Å². The molecule has 0 fully saturated rings. The largest absolute Gasteiger partial charge is 0.506 e. The van der Waals surface area contributed by atoms with Crippen LogP contribution in [0.5, 0.6) is 0 Å². The number of allylic oxidation sites excluding steroid dienone is 3. The number of esters is 1. The molecule has 0 atom stereocenters. The van der Waals surface area contributed by atoms with Crippen molar-refractivity contribution in [2.45, 2.75) is 12.8 Å². The number of aliphatic hydroxyl groups is 1. The molecule has 1 heterocycles. The van der Waals surface area contributed by atoms with Crippen molar-refractivity contribution in [2.24, 2.45) is 0 Å². The summed E-state index contributed by atoms with van der Waals surface area (Å²) in [5.41, 5.74) is 1.58. The number of carbonyl (C=O) groups is 2. The van der Waals surface area contributed by atoms with Crippen LogP contribution in [-0.2, 0) is 14.3 Å². The number of amides is 1. The normalized spacial score (nSPS) is 11.5. The molecule has 8 heteroatoms. The lowest BCUT2D eigenvalue weighted by molar-refractivity contribution is -0.138. The first-order valence-electron chi connectivity index (χ1n) is 8.17. The van der Waals surface area contributed by atoms with Gasteiger partial charge in [0.15, 0.2) is 0 Å². The maximum absolute atomic E-state index is 11.6. The van der Waals surface area contributed by atoms with Crippen LogP contribution in [0.3, 0.4) is 0 Å². The van der Waals surface area contributed by atoms with Crippen molar-refractivity contribution in [2.75, 3.05) is 6.61 Å². The summed E-state index contributed by atoms with van der Waals surface area (Å²) in [5.74, 6) is -0.902. The van der Waals surface area contributed by atoms with E-state index in [0.717, 1.165) is 6.08 Å². The highest BCUT2D eigenvalue weighted by Gasteiger charge is 2.07. The highest BCUT2D eigenvalue weighted by molar-refractivity contribution is 5.81. The lowest BCUT2D eigenvalue weighted by atomic mass is 10.3. The first-order valence-corrected chi connectivity index (χ1v) is 8.17. The molecule has 0 aliphatic rings. The maximum atomic E-state index is 11.6. The summed E-state index contributed by atoms with van der Waals surface area (Å²) in [7, 11) is 0. The van der Waals surface area contributed by atoms with Crippen LogP contribution in [-0.4, -0.2) is 38.6 Å². The van der Waals surface area contributed by atoms with Gasteiger partial charge in [-0.2, -0.15) is 0 Å². The van der Waals surface area contributed by atoms with Gasteiger partial charge in [0.2, 0.25) is 5.91 Å². The summed E-state index contributed by atoms with van der Waals surface area (Å²) in [4.78, 5) is 23.7. The average Bonchev–Trinajstić information content (AvgIpc) is 3.11. The predicted octanol–water partition coefficient (Wildman–Crippen LogP) is 2.48. The Morgan fingerprint density at radius 3 is 2.56 bits per heavy atom. The standard InChI is InChI=1S/C19H20N4O4/c1-3-19(26)27-13-7-11-18(25)20-12-6-10-17(24)14(2)23-21-15-8-4-5-9-16(15)22-23/h3-6,8-10,12,24H,1-2,7,11,13H2,(H,20,25)/b12-6+,17-10+. The molecular weight excluding hydrogens is 348 g/mol. The average molecular weight is 368 g/mol. The van der Waals surface area contributed by atoms with Crippen LogP contribution in [0, 0.1) is 0 Å². The Balaban J connectivity index is 1.80. The Kier molecular flexibility index (Phi) is 7.07. The van der Waals surface area contributed by atoms with E-state index in [4.69, 9.17) is 4.74 Å². The molecule has 1 aromatic carbocycles. The van der Waals surface area contributed by atoms with Crippen LogP contribution in [0.15, 0.2) is 67.6 Å². The minimum absolute atomic E-state index is 0.142. The number of fused-ring (bicyclic) bond motifs is 1. The number of nitrogens with one attached hydrogen (secondary N) is 1. The second-order valence-electron chi connectivity index (χ2n) is 5.38. The molecule has 0 aliphatic carbocycles. The van der Waals surface area contributed by atoms with Gasteiger partial charge in [0.25, 0.3) is 0 Å². The Morgan fingerprint density at radius 2 is 1.93 bits per heavy atom. The van der Waals surface area contributed by atoms with Gasteiger partial charge < -0.3 is 15.2 Å². The van der Waals surface area contributed by atoms with Crippen molar-refractivity contribution in [1.82, 2.24) is 20.3 Å². The third-order valence-electron chi connectivity index (χ3n) is 3.38. The van der Waals surface area contributed by atoms with Gasteiger partial charge in [-0.15, -0.1) is 15.0 Å². The van der Waals surface area contributed by atoms with E-state index in [0.29, 0.717) is 17.5 Å². The molecule has 1 aromatic heterocycles. The van der Waals surface area contributed by atoms with Crippen molar-refractivity contribution in [3.05, 3.63) is 67.6 Å². The SMILES string of the molecule is C=CC(=O)OCCCC(=O)N/C=C/C=C(/O)C(=C)n1nc2ccccc2n1. The maximum Gasteiger partial charge on any atom is 0.330 e. The number of nitrogens with zero attached hydrogens (tertiary/aromatic N) is 3. The summed E-state index contributed by atoms with van der Waals surface area (Å²) < 4.78 is 4.77. The van der Waals surface area contributed by atoms with E-state index in [2.05, 4.69) is 28.7 Å². The Hall–Kier alpha value is -3.68. The molecule has 8 nitrogen and oxygen atoms in total. The lowest BCUT2D eigenvalue weighted by Gasteiger charge is -2.02. The van der Waals surface area contributed by atoms with E-state index in [1.165, 1.54) is 23.1 Å². The van der Waals surface area contributed by atoms with Gasteiger partial charge in [0.05, 0.1) is 6.61 Å². The molecule has 0 spiro atoms. The van der Waals surface area contributed by atoms with Gasteiger partial charge in [-0.3, -0.25) is 4.79 Å². The summed E-state index contributed by atoms with van der Waals surface area (Å²) >= 11 is 0. The lowest BCUT2D eigenvalue weighted by Crippen LogP contribution is -2.17. The number of benzene rings is 1. The van der Waals surface area contributed by atoms with Crippen molar-refractivity contribution >= 4 is 28.6 Å². The van der Waals surface area contributed by atoms with Crippen LogP contribution >= 0.6 is 0 Å². The molecular formula is C19H20N4O4. The number of aliphatic hydroxyl groups excluding tert-OH is 1. The van der Waals surface area contributed by atoms with Crippen molar-refractivity contribution in [3.8, 4) is 0 Å². The number of aromatic nitrogens is 3. The molecule has 27 heavy (non-hydrogen) atoms. The number of hydrogen-bond donors (Lipinski definition) is 2. The summed E-state index contributed by atoms with van der Waals surface area (Å²) in [6.45, 7) is 7.18. The van der Waals surface area contributed by atoms with Gasteiger partial charge in [-0.25, -0.2) is 4.79 Å². The third kappa shape index (κ3) is 5.96. The number of rotatable bonds is 9. The zero-order valence-corrected chi connectivity index (χ0v) is 14.7. The van der Waals surface area contributed by atoms with E-state index in [-0.39, 0.29) is 30.4 Å². The second kappa shape index (κ2) is 9.71. The molecule has 0 saturated carbocycles. The van der Waals surface area contributed by atoms with E-state index >= 15 is 0 Å². The highest BCUT2D eigenvalue weighted by Crippen LogP contribution is 2.13. The Morgan fingerprint density at radius 1 is 1.26 bits per heavy atom. The molecule has 0 unspecified atom stereocenters. The van der Waals surface area contributed by atoms with Crippen molar-refractivity contribution < 1.29 is 19.4 Å². The fourth-order valence-corrected chi connectivity index (χ4v) is 2.00. The fraction of sp³-hybridized carbons (Fsp3) is 0.158. The molecule has 2 rings (SSSR count). The molecule has 140 valence electrons. The Bertz CT molecular complexity index is 878. The van der Waals surface area contributed by atoms with E-state index in [1.807, 2.05) is 12.1 Å². The topological polar surface area (TPSA) is 106 Å². The van der Waals surface area contributed by atoms with Gasteiger partial charge in [-0.1, -0.05) is 25.3 Å². The first kappa shape index (κ1) is 19.6. The second-order valence-corrected chi connectivity index (χ2v) is 5.38. The summed E-state index contributed by atoms with van der Waals surface area (Å²) in [6.07, 6.45) is 5.87. The van der Waals surface area contributed by atoms with Crippen LogP contribution in [0.4, 0.5) is 0 Å². The minimum Gasteiger partial charge on any atom is -0.506 e. The first-order chi connectivity index (χ1) is 13.0. The van der Waals surface area contributed by atoms with Gasteiger partial charge in [0.1, 0.15) is 22.5 Å². The quantitative estimate of drug-likeness (QED) is 0.232. The van der Waals surface area contributed by atoms with Crippen LogP contribution in [0.1, 0.15) is 12.8 Å². The van der Waals surface area contributed by atoms with Gasteiger partial charge >= 0.3 is 5.97 Å². The molecule has 0 aliphatic heterocycles. The molecule has 0 saturated heterocycles. The third-order valence-corrected chi connectivity index (χ3v) is 3.38. The van der Waals surface area contributed by atoms with E-state index in [9.17, 15) is 14.7 Å². The molecule has 1 amide bonds. The van der Waals surface area contributed by atoms with Crippen molar-refractivity contribution in [3.63, 3.8) is 0 Å². The van der Waals surface area contributed by atoms with E-state index in [1.54, 1.807) is 12.1 Å². The molecule has 2 aromatic rings. The molecule has 2 N–H and O–H groups in total. The van der Waals surface area contributed by atoms with Crippen LogP contribution in [0.2, 0.25) is 0 Å². The fourth-order valence-electron chi connectivity index (χ4n) is 2.00. The number of ether oxygens (including phenoxy) is 1.